The quantitative estimate of drug-likeness (QED) is 0.0404. The van der Waals surface area contributed by atoms with Gasteiger partial charge < -0.3 is 62.5 Å². The molecule has 0 radical (unpaired) electrons. The van der Waals surface area contributed by atoms with Crippen LogP contribution in [0.4, 0.5) is 45.5 Å². The van der Waals surface area contributed by atoms with Gasteiger partial charge >= 0.3 is 0 Å². The van der Waals surface area contributed by atoms with Crippen LogP contribution < -0.4 is 53.6 Å². The lowest BCUT2D eigenvalue weighted by molar-refractivity contribution is -0.950. The van der Waals surface area contributed by atoms with Crippen molar-refractivity contribution < 1.29 is 42.9 Å². The molecule has 0 spiro atoms. The van der Waals surface area contributed by atoms with Crippen molar-refractivity contribution in [3.63, 3.8) is 0 Å². The van der Waals surface area contributed by atoms with Crippen molar-refractivity contribution in [2.24, 2.45) is 0 Å². The number of quaternary nitrogens is 2. The van der Waals surface area contributed by atoms with Gasteiger partial charge in [-0.05, 0) is 126 Å². The van der Waals surface area contributed by atoms with Crippen molar-refractivity contribution in [3.8, 4) is 0 Å². The average molecular weight is 1350 g/mol. The van der Waals surface area contributed by atoms with E-state index in [1.54, 1.807) is 0 Å². The topological polar surface area (TPSA) is 64.5 Å². The Morgan fingerprint density at radius 1 is 0.302 bits per heavy atom. The molecule has 4 aliphatic heterocycles. The van der Waals surface area contributed by atoms with Crippen LogP contribution in [0, 0.1) is 0 Å². The van der Waals surface area contributed by atoms with E-state index in [4.69, 9.17) is 0 Å². The van der Waals surface area contributed by atoms with Crippen molar-refractivity contribution in [1.82, 2.24) is 19.9 Å². The molecule has 0 aliphatic carbocycles. The number of rotatable bonds is 25. The molecule has 450 valence electrons. The first-order valence-electron chi connectivity index (χ1n) is 30.7. The Morgan fingerprint density at radius 2 is 0.512 bits per heavy atom. The molecule has 0 bridgehead atoms. The maximum absolute atomic E-state index is 4.65. The zero-order chi connectivity index (χ0) is 57.6. The third-order valence-electron chi connectivity index (χ3n) is 19.1. The number of unbranched alkanes of at least 4 members (excludes halogenated alkanes) is 9. The number of likely N-dealkylation sites (N-methyl/N-ethyl adjacent to an activating group) is 2. The Kier molecular flexibility index (Phi) is 21.6. The molecule has 0 fully saturated rings. The van der Waals surface area contributed by atoms with Gasteiger partial charge in [-0.3, -0.25) is 19.9 Å². The fourth-order valence-electron chi connectivity index (χ4n) is 13.4. The zero-order valence-electron chi connectivity index (χ0n) is 50.6. The van der Waals surface area contributed by atoms with Gasteiger partial charge in [-0.25, -0.2) is 0 Å². The lowest BCUT2D eigenvalue weighted by atomic mass is 10.0. The van der Waals surface area contributed by atoms with Crippen molar-refractivity contribution in [3.05, 3.63) is 171 Å². The molecule has 0 saturated carbocycles. The van der Waals surface area contributed by atoms with E-state index in [1.807, 2.05) is 71.8 Å². The molecule has 0 N–H and O–H groups in total. The molecular weight excluding hydrogens is 1270 g/mol. The Bertz CT molecular complexity index is 2930. The monoisotopic (exact) mass is 1350 g/mol. The van der Waals surface area contributed by atoms with E-state index >= 15 is 0 Å². The number of benzene rings is 4. The standard InChI is InChI=1S/C70H82N10S4.2BrH/c1-51(47-75-55-25-15-19-29-63(55)81-67-33-37-71-43-59(67)75)79(5,52(2)48-76-56-26-16-20-30-64(56)82-68-34-38-72-44-60(68)76)41-23-13-11-9-7-8-10-12-14-24-42-80(6,53(3)49-77-57-27-17-21-31-65(57)83-69-35-39-73-45-61(69)77)54(4)50-78-58-28-18-22-32-66(58)84-70-36-40-74-46-62(70)78;;/h15-22,25-40,43-46,51-54H,7-14,23-24,41-42,47-50H2,1-6H3;2*1H/q+2;;/p-2. The number of halogens is 2. The van der Waals surface area contributed by atoms with Gasteiger partial charge in [0.25, 0.3) is 0 Å². The van der Waals surface area contributed by atoms with Gasteiger partial charge in [0.15, 0.2) is 0 Å². The highest BCUT2D eigenvalue weighted by Gasteiger charge is 2.42. The first-order valence-corrected chi connectivity index (χ1v) is 34.0. The number of nitrogens with zero attached hydrogens (tertiary/aromatic N) is 10. The van der Waals surface area contributed by atoms with E-state index in [-0.39, 0.29) is 34.0 Å². The largest absolute Gasteiger partial charge is 1.00 e. The number of fused-ring (bicyclic) bond motifs is 8. The number of anilines is 8. The molecule has 16 heteroatoms. The third kappa shape index (κ3) is 13.6. The summed E-state index contributed by atoms with van der Waals surface area (Å²) in [4.78, 5) is 39.2. The average Bonchev–Trinajstić information content (AvgIpc) is 2.38. The molecule has 0 saturated heterocycles. The van der Waals surface area contributed by atoms with Crippen LogP contribution in [0.5, 0.6) is 0 Å². The Labute approximate surface area is 550 Å². The first kappa shape index (κ1) is 64.0. The summed E-state index contributed by atoms with van der Waals surface area (Å²) in [7, 11) is 5.10. The van der Waals surface area contributed by atoms with Gasteiger partial charge in [0.05, 0.1) is 124 Å². The number of hydrogen-bond donors (Lipinski definition) is 0. The van der Waals surface area contributed by atoms with Crippen LogP contribution in [-0.2, 0) is 0 Å². The number of pyridine rings is 4. The van der Waals surface area contributed by atoms with Crippen LogP contribution in [0.1, 0.15) is 91.9 Å². The van der Waals surface area contributed by atoms with Crippen LogP contribution in [0.25, 0.3) is 0 Å². The highest BCUT2D eigenvalue weighted by Crippen LogP contribution is 2.52. The van der Waals surface area contributed by atoms with Crippen LogP contribution in [0.15, 0.2) is 210 Å². The number of hydrogen-bond acceptors (Lipinski definition) is 12. The smallest absolute Gasteiger partial charge is 0.104 e. The predicted molar refractivity (Wildman–Crippen MR) is 353 cm³/mol. The van der Waals surface area contributed by atoms with Crippen molar-refractivity contribution in [2.45, 2.75) is 155 Å². The van der Waals surface area contributed by atoms with E-state index < -0.39 is 0 Å². The minimum absolute atomic E-state index is 0. The maximum atomic E-state index is 4.65. The Morgan fingerprint density at radius 3 is 0.756 bits per heavy atom. The second kappa shape index (κ2) is 29.1. The van der Waals surface area contributed by atoms with Gasteiger partial charge in [-0.15, -0.1) is 0 Å². The second-order valence-electron chi connectivity index (χ2n) is 24.2. The van der Waals surface area contributed by atoms with Crippen molar-refractivity contribution >= 4 is 92.5 Å². The molecule has 86 heavy (non-hydrogen) atoms. The highest BCUT2D eigenvalue weighted by molar-refractivity contribution is 8.00. The van der Waals surface area contributed by atoms with Gasteiger partial charge in [-0.2, -0.15) is 0 Å². The minimum atomic E-state index is 0. The molecule has 8 heterocycles. The fourth-order valence-corrected chi connectivity index (χ4v) is 17.6. The molecule has 12 rings (SSSR count). The molecule has 10 nitrogen and oxygen atoms in total. The second-order valence-corrected chi connectivity index (χ2v) is 28.5. The molecule has 4 aliphatic rings. The normalized spacial score (nSPS) is 16.3. The summed E-state index contributed by atoms with van der Waals surface area (Å²) in [5.41, 5.74) is 10.0. The molecular formula is C70H82Br2N10S4. The highest BCUT2D eigenvalue weighted by atomic mass is 79.9. The summed E-state index contributed by atoms with van der Waals surface area (Å²) >= 11 is 7.46. The Hall–Kier alpha value is -5.04. The van der Waals surface area contributed by atoms with E-state index in [0.29, 0.717) is 24.2 Å². The fraction of sp³-hybridized carbons (Fsp3) is 0.371. The predicted octanol–water partition coefficient (Wildman–Crippen LogP) is 12.1. The molecule has 4 unspecified atom stereocenters. The Balaban J connectivity index is 0.00000410. The summed E-state index contributed by atoms with van der Waals surface area (Å²) < 4.78 is 1.96. The van der Waals surface area contributed by atoms with Crippen molar-refractivity contribution in [1.29, 1.82) is 0 Å². The summed E-state index contributed by atoms with van der Waals surface area (Å²) in [6, 6.07) is 45.8. The van der Waals surface area contributed by atoms with Crippen molar-refractivity contribution in [2.75, 3.05) is 73.0 Å². The minimum Gasteiger partial charge on any atom is -1.00 e. The van der Waals surface area contributed by atoms with E-state index in [2.05, 4.69) is 227 Å². The lowest BCUT2D eigenvalue weighted by Gasteiger charge is -2.49. The van der Waals surface area contributed by atoms with Crippen LogP contribution in [0.3, 0.4) is 0 Å². The van der Waals surface area contributed by atoms with Gasteiger partial charge in [-0.1, -0.05) is 134 Å². The van der Waals surface area contributed by atoms with E-state index in [0.717, 1.165) is 48.2 Å². The number of para-hydroxylation sites is 4. The van der Waals surface area contributed by atoms with Gasteiger partial charge in [0.1, 0.15) is 24.2 Å². The summed E-state index contributed by atoms with van der Waals surface area (Å²) in [6.45, 7) is 15.9. The van der Waals surface area contributed by atoms with Gasteiger partial charge in [0.2, 0.25) is 0 Å². The van der Waals surface area contributed by atoms with Gasteiger partial charge in [0, 0.05) is 64.0 Å². The maximum Gasteiger partial charge on any atom is 0.104 e. The molecule has 0 amide bonds. The lowest BCUT2D eigenvalue weighted by Crippen LogP contribution is -3.00. The first-order chi connectivity index (χ1) is 41.1. The van der Waals surface area contributed by atoms with Crippen LogP contribution in [-0.4, -0.2) is 106 Å². The summed E-state index contributed by atoms with van der Waals surface area (Å²) in [5, 5.41) is 0. The summed E-state index contributed by atoms with van der Waals surface area (Å²) in [5.74, 6) is 0. The van der Waals surface area contributed by atoms with Crippen LogP contribution >= 0.6 is 47.0 Å². The van der Waals surface area contributed by atoms with E-state index in [9.17, 15) is 0 Å². The molecule has 4 aromatic heterocycles. The SMILES string of the molecule is CC(CN1c2ccccc2Sc2ccncc21)[N+](C)(CCCCCCCCCCCC[N+](C)(C(C)CN1c2ccccc2Sc2ccncc21)C(C)CN1c2ccccc2Sc2ccncc21)C(C)CN1c2ccccc2Sc2ccncc21.[Br-].[Br-]. The molecule has 4 atom stereocenters. The van der Waals surface area contributed by atoms with Crippen LogP contribution in [0.2, 0.25) is 0 Å². The molecule has 4 aromatic carbocycles. The zero-order valence-corrected chi connectivity index (χ0v) is 57.1. The van der Waals surface area contributed by atoms with E-state index in [1.165, 1.54) is 149 Å². The third-order valence-corrected chi connectivity index (χ3v) is 23.6. The summed E-state index contributed by atoms with van der Waals surface area (Å²) in [6.07, 6.45) is 28.8. The number of aromatic nitrogens is 4. The molecule has 8 aromatic rings.